The van der Waals surface area contributed by atoms with Crippen LogP contribution in [0.5, 0.6) is 0 Å². The molecule has 0 fully saturated rings. The molecule has 0 aliphatic heterocycles. The van der Waals surface area contributed by atoms with Gasteiger partial charge in [-0.15, -0.1) is 0 Å². The molecule has 110 valence electrons. The lowest BCUT2D eigenvalue weighted by Gasteiger charge is -2.05. The number of hydrogen-bond acceptors (Lipinski definition) is 4. The third-order valence-electron chi connectivity index (χ3n) is 2.97. The summed E-state index contributed by atoms with van der Waals surface area (Å²) in [5.74, 6) is 0. The van der Waals surface area contributed by atoms with E-state index < -0.39 is 10.0 Å². The lowest BCUT2D eigenvalue weighted by atomic mass is 10.4. The van der Waals surface area contributed by atoms with Crippen LogP contribution in [0.2, 0.25) is 0 Å². The van der Waals surface area contributed by atoms with Crippen LogP contribution in [0, 0.1) is 0 Å². The number of aliphatic hydroxyl groups is 1. The second-order valence-electron chi connectivity index (χ2n) is 4.46. The maximum Gasteiger partial charge on any atom is 0.242 e. The van der Waals surface area contributed by atoms with Crippen molar-refractivity contribution in [2.75, 3.05) is 6.54 Å². The van der Waals surface area contributed by atoms with Crippen molar-refractivity contribution in [3.8, 4) is 0 Å². The normalized spacial score (nSPS) is 11.9. The van der Waals surface area contributed by atoms with Gasteiger partial charge in [-0.1, -0.05) is 0 Å². The van der Waals surface area contributed by atoms with Crippen LogP contribution in [-0.2, 0) is 30.2 Å². The van der Waals surface area contributed by atoms with Gasteiger partial charge in [0, 0.05) is 44.4 Å². The van der Waals surface area contributed by atoms with Crippen LogP contribution in [-0.4, -0.2) is 34.4 Å². The number of nitrogens with zero attached hydrogens (tertiary/aromatic N) is 3. The molecule has 2 rings (SSSR count). The summed E-state index contributed by atoms with van der Waals surface area (Å²) in [5.41, 5.74) is 0.557. The van der Waals surface area contributed by atoms with E-state index in [1.165, 1.54) is 12.3 Å². The Hall–Kier alpha value is -1.64. The van der Waals surface area contributed by atoms with Gasteiger partial charge >= 0.3 is 0 Å². The van der Waals surface area contributed by atoms with Crippen molar-refractivity contribution in [2.24, 2.45) is 7.05 Å². The first-order valence-electron chi connectivity index (χ1n) is 6.26. The van der Waals surface area contributed by atoms with E-state index in [0.29, 0.717) is 25.2 Å². The molecular formula is C12H18N4O3S. The predicted molar refractivity (Wildman–Crippen MR) is 73.4 cm³/mol. The molecule has 8 heteroatoms. The van der Waals surface area contributed by atoms with Crippen molar-refractivity contribution in [2.45, 2.75) is 24.5 Å². The summed E-state index contributed by atoms with van der Waals surface area (Å²) in [6.45, 7) is 0.809. The van der Waals surface area contributed by atoms with Crippen molar-refractivity contribution in [3.05, 3.63) is 36.4 Å². The third-order valence-corrected chi connectivity index (χ3v) is 4.40. The minimum Gasteiger partial charge on any atom is -0.390 e. The fraction of sp³-hybridized carbons (Fsp3) is 0.417. The van der Waals surface area contributed by atoms with Gasteiger partial charge in [-0.05, 0) is 18.6 Å². The molecule has 0 aromatic carbocycles. The molecule has 0 bridgehead atoms. The highest BCUT2D eigenvalue weighted by Crippen LogP contribution is 2.13. The maximum atomic E-state index is 12.0. The Balaban J connectivity index is 1.90. The van der Waals surface area contributed by atoms with Crippen LogP contribution in [0.3, 0.4) is 0 Å². The number of aliphatic hydroxyl groups excluding tert-OH is 1. The Bertz CT molecular complexity index is 646. The van der Waals surface area contributed by atoms with Crippen LogP contribution in [0.4, 0.5) is 0 Å². The lowest BCUT2D eigenvalue weighted by Crippen LogP contribution is -2.25. The van der Waals surface area contributed by atoms with Crippen LogP contribution < -0.4 is 4.72 Å². The Morgan fingerprint density at radius 3 is 2.85 bits per heavy atom. The first-order chi connectivity index (χ1) is 9.53. The Morgan fingerprint density at radius 2 is 2.25 bits per heavy atom. The molecule has 2 heterocycles. The SMILES string of the molecule is Cn1cc(S(=O)(=O)NCCCn2cccn2)cc1CO. The summed E-state index contributed by atoms with van der Waals surface area (Å²) < 4.78 is 30.0. The summed E-state index contributed by atoms with van der Waals surface area (Å²) in [4.78, 5) is 0.170. The zero-order valence-corrected chi connectivity index (χ0v) is 12.0. The van der Waals surface area contributed by atoms with Crippen molar-refractivity contribution in [1.82, 2.24) is 19.1 Å². The van der Waals surface area contributed by atoms with E-state index in [2.05, 4.69) is 9.82 Å². The summed E-state index contributed by atoms with van der Waals surface area (Å²) in [7, 11) is -1.83. The number of sulfonamides is 1. The zero-order valence-electron chi connectivity index (χ0n) is 11.2. The van der Waals surface area contributed by atoms with Crippen molar-refractivity contribution < 1.29 is 13.5 Å². The molecule has 7 nitrogen and oxygen atoms in total. The Morgan fingerprint density at radius 1 is 1.45 bits per heavy atom. The molecule has 0 aliphatic rings. The number of hydrogen-bond donors (Lipinski definition) is 2. The van der Waals surface area contributed by atoms with E-state index >= 15 is 0 Å². The largest absolute Gasteiger partial charge is 0.390 e. The van der Waals surface area contributed by atoms with Gasteiger partial charge in [-0.25, -0.2) is 13.1 Å². The van der Waals surface area contributed by atoms with Gasteiger partial charge in [-0.2, -0.15) is 5.10 Å². The molecule has 2 N–H and O–H groups in total. The van der Waals surface area contributed by atoms with E-state index in [9.17, 15) is 8.42 Å². The van der Waals surface area contributed by atoms with Gasteiger partial charge in [0.2, 0.25) is 10.0 Å². The number of aromatic nitrogens is 3. The van der Waals surface area contributed by atoms with Gasteiger partial charge in [0.15, 0.2) is 0 Å². The summed E-state index contributed by atoms with van der Waals surface area (Å²) in [6, 6.07) is 3.29. The molecule has 0 saturated heterocycles. The number of aryl methyl sites for hydroxylation is 2. The molecule has 0 amide bonds. The summed E-state index contributed by atoms with van der Waals surface area (Å²) in [6.07, 6.45) is 5.66. The Kier molecular flexibility index (Phi) is 4.58. The van der Waals surface area contributed by atoms with E-state index in [4.69, 9.17) is 5.11 Å². The van der Waals surface area contributed by atoms with E-state index in [1.807, 2.05) is 12.3 Å². The highest BCUT2D eigenvalue weighted by molar-refractivity contribution is 7.89. The highest BCUT2D eigenvalue weighted by Gasteiger charge is 2.16. The average molecular weight is 298 g/mol. The van der Waals surface area contributed by atoms with Gasteiger partial charge in [0.25, 0.3) is 0 Å². The molecule has 20 heavy (non-hydrogen) atoms. The van der Waals surface area contributed by atoms with Crippen molar-refractivity contribution >= 4 is 10.0 Å². The first-order valence-corrected chi connectivity index (χ1v) is 7.74. The monoisotopic (exact) mass is 298 g/mol. The lowest BCUT2D eigenvalue weighted by molar-refractivity contribution is 0.272. The molecule has 0 radical (unpaired) electrons. The molecule has 0 atom stereocenters. The molecule has 0 aliphatic carbocycles. The van der Waals surface area contributed by atoms with Crippen molar-refractivity contribution in [3.63, 3.8) is 0 Å². The average Bonchev–Trinajstić information content (AvgIpc) is 3.04. The maximum absolute atomic E-state index is 12.0. The summed E-state index contributed by atoms with van der Waals surface area (Å²) in [5, 5.41) is 13.1. The standard InChI is InChI=1S/C12H18N4O3S/c1-15-9-12(8-11(15)10-17)20(18,19)14-5-3-7-16-6-2-4-13-16/h2,4,6,8-9,14,17H,3,5,7,10H2,1H3. The highest BCUT2D eigenvalue weighted by atomic mass is 32.2. The number of nitrogens with one attached hydrogen (secondary N) is 1. The molecular weight excluding hydrogens is 280 g/mol. The smallest absolute Gasteiger partial charge is 0.242 e. The van der Waals surface area contributed by atoms with Gasteiger partial charge in [-0.3, -0.25) is 4.68 Å². The van der Waals surface area contributed by atoms with Gasteiger partial charge in [0.05, 0.1) is 11.5 Å². The second kappa shape index (κ2) is 6.21. The zero-order chi connectivity index (χ0) is 14.6. The van der Waals surface area contributed by atoms with Crippen LogP contribution in [0.25, 0.3) is 0 Å². The van der Waals surface area contributed by atoms with Gasteiger partial charge in [0.1, 0.15) is 0 Å². The molecule has 0 unspecified atom stereocenters. The van der Waals surface area contributed by atoms with Crippen LogP contribution in [0.15, 0.2) is 35.6 Å². The minimum atomic E-state index is -3.52. The first kappa shape index (κ1) is 14.8. The third kappa shape index (κ3) is 3.47. The molecule has 0 spiro atoms. The number of rotatable bonds is 7. The second-order valence-corrected chi connectivity index (χ2v) is 6.22. The Labute approximate surface area is 117 Å². The quantitative estimate of drug-likeness (QED) is 0.709. The fourth-order valence-corrected chi connectivity index (χ4v) is 3.01. The van der Waals surface area contributed by atoms with E-state index in [1.54, 1.807) is 22.5 Å². The van der Waals surface area contributed by atoms with Gasteiger partial charge < -0.3 is 9.67 Å². The molecule has 2 aromatic heterocycles. The fourth-order valence-electron chi connectivity index (χ4n) is 1.84. The summed E-state index contributed by atoms with van der Waals surface area (Å²) >= 11 is 0. The van der Waals surface area contributed by atoms with E-state index in [-0.39, 0.29) is 11.5 Å². The van der Waals surface area contributed by atoms with Crippen LogP contribution in [0.1, 0.15) is 12.1 Å². The topological polar surface area (TPSA) is 89.2 Å². The van der Waals surface area contributed by atoms with E-state index in [0.717, 1.165) is 0 Å². The predicted octanol–water partition coefficient (Wildman–Crippen LogP) is 0.0825. The molecule has 2 aromatic rings. The van der Waals surface area contributed by atoms with Crippen molar-refractivity contribution in [1.29, 1.82) is 0 Å². The van der Waals surface area contributed by atoms with Crippen LogP contribution >= 0.6 is 0 Å². The minimum absolute atomic E-state index is 0.170. The molecule has 0 saturated carbocycles.